The van der Waals surface area contributed by atoms with Gasteiger partial charge in [-0.15, -0.1) is 0 Å². The summed E-state index contributed by atoms with van der Waals surface area (Å²) < 4.78 is 10.8. The Labute approximate surface area is 110 Å². The molecule has 0 aromatic carbocycles. The Balaban J connectivity index is 1.63. The minimum atomic E-state index is -0.368. The Kier molecular flexibility index (Phi) is 3.47. The predicted molar refractivity (Wildman–Crippen MR) is 65.8 cm³/mol. The van der Waals surface area contributed by atoms with Crippen LogP contribution in [0.1, 0.15) is 31.1 Å². The van der Waals surface area contributed by atoms with Crippen LogP contribution < -0.4 is 5.73 Å². The Hall–Kier alpha value is -1.86. The molecule has 2 heterocycles. The van der Waals surface area contributed by atoms with Gasteiger partial charge in [0.2, 0.25) is 0 Å². The maximum atomic E-state index is 5.98. The molecular weight excluding hydrogens is 246 g/mol. The lowest BCUT2D eigenvalue weighted by molar-refractivity contribution is -0.00549. The molecule has 19 heavy (non-hydrogen) atoms. The zero-order valence-electron chi connectivity index (χ0n) is 10.4. The van der Waals surface area contributed by atoms with Crippen LogP contribution in [0.2, 0.25) is 0 Å². The maximum absolute atomic E-state index is 5.98. The third-order valence-corrected chi connectivity index (χ3v) is 3.17. The van der Waals surface area contributed by atoms with Crippen LogP contribution in [-0.2, 0) is 4.74 Å². The number of ether oxygens (including phenoxy) is 1. The fourth-order valence-electron chi connectivity index (χ4n) is 1.77. The fraction of sp³-hybridized carbons (Fsp3) is 0.500. The lowest BCUT2D eigenvalue weighted by atomic mass is 9.96. The molecule has 0 spiro atoms. The van der Waals surface area contributed by atoms with E-state index in [1.165, 1.54) is 6.42 Å². The molecule has 0 radical (unpaired) electrons. The summed E-state index contributed by atoms with van der Waals surface area (Å²) in [6, 6.07) is 1.38. The van der Waals surface area contributed by atoms with Gasteiger partial charge in [0.25, 0.3) is 5.89 Å². The second-order valence-corrected chi connectivity index (χ2v) is 4.58. The smallest absolute Gasteiger partial charge is 0.259 e. The first kappa shape index (κ1) is 12.2. The average Bonchev–Trinajstić information content (AvgIpc) is 2.87. The maximum Gasteiger partial charge on any atom is 0.259 e. The quantitative estimate of drug-likeness (QED) is 0.859. The Morgan fingerprint density at radius 2 is 2.32 bits per heavy atom. The van der Waals surface area contributed by atoms with Gasteiger partial charge in [0.1, 0.15) is 0 Å². The number of hydrogen-bond acceptors (Lipinski definition) is 7. The van der Waals surface area contributed by atoms with E-state index in [1.54, 1.807) is 18.5 Å². The van der Waals surface area contributed by atoms with E-state index in [0.29, 0.717) is 24.4 Å². The molecule has 2 aromatic heterocycles. The van der Waals surface area contributed by atoms with Crippen LogP contribution in [0.15, 0.2) is 23.0 Å². The van der Waals surface area contributed by atoms with Crippen molar-refractivity contribution in [2.24, 2.45) is 5.73 Å². The molecule has 0 bridgehead atoms. The molecule has 100 valence electrons. The molecule has 1 unspecified atom stereocenters. The highest BCUT2D eigenvalue weighted by atomic mass is 16.5. The van der Waals surface area contributed by atoms with Gasteiger partial charge in [0, 0.05) is 0 Å². The van der Waals surface area contributed by atoms with Crippen LogP contribution in [0.25, 0.3) is 11.5 Å². The highest BCUT2D eigenvalue weighted by Gasteiger charge is 2.21. The van der Waals surface area contributed by atoms with E-state index >= 15 is 0 Å². The van der Waals surface area contributed by atoms with Crippen molar-refractivity contribution in [1.29, 1.82) is 0 Å². The monoisotopic (exact) mass is 261 g/mol. The normalized spacial score (nSPS) is 17.1. The molecule has 1 fully saturated rings. The second-order valence-electron chi connectivity index (χ2n) is 4.58. The van der Waals surface area contributed by atoms with Crippen LogP contribution in [-0.4, -0.2) is 33.0 Å². The van der Waals surface area contributed by atoms with Crippen molar-refractivity contribution in [3.8, 4) is 11.5 Å². The van der Waals surface area contributed by atoms with E-state index in [2.05, 4.69) is 20.3 Å². The Bertz CT molecular complexity index is 526. The van der Waals surface area contributed by atoms with Gasteiger partial charge in [-0.25, -0.2) is 0 Å². The summed E-state index contributed by atoms with van der Waals surface area (Å²) in [5.41, 5.74) is 6.70. The molecule has 0 saturated heterocycles. The SMILES string of the molecule is NC(COC1CCC1)c1noc(-c2ccnnc2)n1. The third-order valence-electron chi connectivity index (χ3n) is 3.17. The minimum Gasteiger partial charge on any atom is -0.376 e. The summed E-state index contributed by atoms with van der Waals surface area (Å²) in [5, 5.41) is 11.3. The number of nitrogens with zero attached hydrogens (tertiary/aromatic N) is 4. The zero-order valence-corrected chi connectivity index (χ0v) is 10.4. The molecular formula is C12H15N5O2. The van der Waals surface area contributed by atoms with Crippen molar-refractivity contribution >= 4 is 0 Å². The predicted octanol–water partition coefficient (Wildman–Crippen LogP) is 1.10. The summed E-state index contributed by atoms with van der Waals surface area (Å²) in [6.45, 7) is 0.415. The van der Waals surface area contributed by atoms with E-state index in [-0.39, 0.29) is 6.04 Å². The van der Waals surface area contributed by atoms with Crippen LogP contribution >= 0.6 is 0 Å². The Morgan fingerprint density at radius 3 is 3.00 bits per heavy atom. The van der Waals surface area contributed by atoms with Crippen molar-refractivity contribution in [2.45, 2.75) is 31.4 Å². The fourth-order valence-corrected chi connectivity index (χ4v) is 1.77. The molecule has 1 atom stereocenters. The topological polar surface area (TPSA) is 100.0 Å². The summed E-state index contributed by atoms with van der Waals surface area (Å²) in [4.78, 5) is 4.25. The van der Waals surface area contributed by atoms with Gasteiger partial charge in [-0.1, -0.05) is 5.16 Å². The second kappa shape index (κ2) is 5.41. The van der Waals surface area contributed by atoms with Gasteiger partial charge in [-0.3, -0.25) is 0 Å². The van der Waals surface area contributed by atoms with Gasteiger partial charge >= 0.3 is 0 Å². The number of nitrogens with two attached hydrogens (primary N) is 1. The molecule has 7 heteroatoms. The average molecular weight is 261 g/mol. The van der Waals surface area contributed by atoms with E-state index in [1.807, 2.05) is 0 Å². The largest absolute Gasteiger partial charge is 0.376 e. The lowest BCUT2D eigenvalue weighted by Crippen LogP contribution is -2.27. The molecule has 1 saturated carbocycles. The van der Waals surface area contributed by atoms with Crippen molar-refractivity contribution in [1.82, 2.24) is 20.3 Å². The molecule has 2 N–H and O–H groups in total. The molecule has 2 aromatic rings. The first-order valence-electron chi connectivity index (χ1n) is 6.31. The number of rotatable bonds is 5. The molecule has 1 aliphatic carbocycles. The summed E-state index contributed by atoms with van der Waals surface area (Å²) in [6.07, 6.45) is 6.95. The zero-order chi connectivity index (χ0) is 13.1. The van der Waals surface area contributed by atoms with Gasteiger partial charge in [0.15, 0.2) is 5.82 Å². The minimum absolute atomic E-state index is 0.349. The van der Waals surface area contributed by atoms with Crippen molar-refractivity contribution in [2.75, 3.05) is 6.61 Å². The third kappa shape index (κ3) is 2.77. The highest BCUT2D eigenvalue weighted by molar-refractivity contribution is 5.49. The molecule has 3 rings (SSSR count). The van der Waals surface area contributed by atoms with Crippen LogP contribution in [0, 0.1) is 0 Å². The van der Waals surface area contributed by atoms with E-state index in [9.17, 15) is 0 Å². The van der Waals surface area contributed by atoms with Gasteiger partial charge in [-0.05, 0) is 25.3 Å². The highest BCUT2D eigenvalue weighted by Crippen LogP contribution is 2.23. The number of hydrogen-bond donors (Lipinski definition) is 1. The first-order valence-corrected chi connectivity index (χ1v) is 6.31. The van der Waals surface area contributed by atoms with Gasteiger partial charge in [-0.2, -0.15) is 15.2 Å². The van der Waals surface area contributed by atoms with Crippen molar-refractivity contribution in [3.63, 3.8) is 0 Å². The number of aromatic nitrogens is 4. The summed E-state index contributed by atoms with van der Waals surface area (Å²) in [7, 11) is 0. The molecule has 1 aliphatic rings. The van der Waals surface area contributed by atoms with Crippen LogP contribution in [0.3, 0.4) is 0 Å². The molecule has 0 amide bonds. The summed E-state index contributed by atoms with van der Waals surface area (Å²) in [5.74, 6) is 0.843. The molecule has 7 nitrogen and oxygen atoms in total. The van der Waals surface area contributed by atoms with E-state index in [0.717, 1.165) is 18.4 Å². The Morgan fingerprint density at radius 1 is 1.42 bits per heavy atom. The standard InChI is InChI=1S/C12H15N5O2/c13-10(7-18-9-2-1-3-9)11-16-12(19-17-11)8-4-5-14-15-6-8/h4-6,9-10H,1-3,7,13H2. The summed E-state index contributed by atoms with van der Waals surface area (Å²) >= 11 is 0. The first-order chi connectivity index (χ1) is 9.33. The van der Waals surface area contributed by atoms with Crippen molar-refractivity contribution < 1.29 is 9.26 Å². The van der Waals surface area contributed by atoms with Gasteiger partial charge < -0.3 is 15.0 Å². The van der Waals surface area contributed by atoms with E-state index < -0.39 is 0 Å². The van der Waals surface area contributed by atoms with E-state index in [4.69, 9.17) is 15.0 Å². The van der Waals surface area contributed by atoms with Crippen LogP contribution in [0.4, 0.5) is 0 Å². The van der Waals surface area contributed by atoms with Gasteiger partial charge in [0.05, 0.1) is 36.7 Å². The van der Waals surface area contributed by atoms with Crippen molar-refractivity contribution in [3.05, 3.63) is 24.3 Å². The molecule has 0 aliphatic heterocycles. The van der Waals surface area contributed by atoms with Crippen LogP contribution in [0.5, 0.6) is 0 Å². The lowest BCUT2D eigenvalue weighted by Gasteiger charge is -2.26.